The zero-order valence-corrected chi connectivity index (χ0v) is 6.62. The molecule has 0 aromatic rings. The normalized spacial score (nSPS) is 12.6. The monoisotopic (exact) mass is 138 g/mol. The Hall–Kier alpha value is -0.920. The smallest absolute Gasteiger partial charge is 0.0446 e. The molecule has 0 bridgehead atoms. The Labute approximate surface area is 62.4 Å². The minimum atomic E-state index is 0.891. The van der Waals surface area contributed by atoms with Crippen LogP contribution in [0.1, 0.15) is 20.3 Å². The van der Waals surface area contributed by atoms with Crippen molar-refractivity contribution in [2.24, 2.45) is 9.98 Å². The third kappa shape index (κ3) is 7.08. The summed E-state index contributed by atoms with van der Waals surface area (Å²) in [6.45, 7) is 4.92. The van der Waals surface area contributed by atoms with Crippen LogP contribution in [0.15, 0.2) is 22.3 Å². The molecule has 0 aromatic heterocycles. The summed E-state index contributed by atoms with van der Waals surface area (Å²) >= 11 is 0. The predicted octanol–water partition coefficient (Wildman–Crippen LogP) is 2.07. The van der Waals surface area contributed by atoms with Crippen molar-refractivity contribution in [3.63, 3.8) is 0 Å². The van der Waals surface area contributed by atoms with Crippen molar-refractivity contribution >= 4 is 12.4 Å². The van der Waals surface area contributed by atoms with Crippen LogP contribution in [0.5, 0.6) is 0 Å². The fraction of sp³-hybridized carbons (Fsp3) is 0.500. The molecule has 0 fully saturated rings. The van der Waals surface area contributed by atoms with E-state index in [2.05, 4.69) is 16.9 Å². The van der Waals surface area contributed by atoms with E-state index in [1.807, 2.05) is 13.0 Å². The quantitative estimate of drug-likeness (QED) is 0.531. The summed E-state index contributed by atoms with van der Waals surface area (Å²) in [5.74, 6) is 0. The van der Waals surface area contributed by atoms with E-state index in [0.717, 1.165) is 13.0 Å². The third-order valence-electron chi connectivity index (χ3n) is 0.846. The second-order valence-corrected chi connectivity index (χ2v) is 1.84. The molecule has 0 heterocycles. The summed E-state index contributed by atoms with van der Waals surface area (Å²) in [5.41, 5.74) is 0. The summed E-state index contributed by atoms with van der Waals surface area (Å²) in [6, 6.07) is 0. The Morgan fingerprint density at radius 1 is 1.30 bits per heavy atom. The molecule has 0 atom stereocenters. The van der Waals surface area contributed by atoms with Crippen molar-refractivity contribution in [2.75, 3.05) is 6.54 Å². The van der Waals surface area contributed by atoms with Crippen LogP contribution in [0.3, 0.4) is 0 Å². The lowest BCUT2D eigenvalue weighted by atomic mass is 10.5. The van der Waals surface area contributed by atoms with Crippen LogP contribution in [-0.4, -0.2) is 19.0 Å². The average Bonchev–Trinajstić information content (AvgIpc) is 1.97. The van der Waals surface area contributed by atoms with Gasteiger partial charge in [-0.3, -0.25) is 9.98 Å². The van der Waals surface area contributed by atoms with E-state index in [1.165, 1.54) is 0 Å². The molecule has 2 nitrogen and oxygen atoms in total. The van der Waals surface area contributed by atoms with E-state index in [9.17, 15) is 0 Å². The first kappa shape index (κ1) is 9.08. The van der Waals surface area contributed by atoms with Gasteiger partial charge in [0.1, 0.15) is 0 Å². The second-order valence-electron chi connectivity index (χ2n) is 1.84. The molecule has 0 N–H and O–H groups in total. The number of aliphatic imine (C=N–C) groups is 2. The summed E-state index contributed by atoms with van der Waals surface area (Å²) in [4.78, 5) is 7.96. The molecule has 0 saturated heterocycles. The van der Waals surface area contributed by atoms with Gasteiger partial charge in [0.15, 0.2) is 0 Å². The number of rotatable bonds is 4. The molecule has 0 aliphatic carbocycles. The van der Waals surface area contributed by atoms with E-state index in [-0.39, 0.29) is 0 Å². The molecule has 10 heavy (non-hydrogen) atoms. The fourth-order valence-electron chi connectivity index (χ4n) is 0.425. The van der Waals surface area contributed by atoms with E-state index in [0.29, 0.717) is 0 Å². The highest BCUT2D eigenvalue weighted by atomic mass is 14.7. The molecule has 0 rings (SSSR count). The van der Waals surface area contributed by atoms with Crippen LogP contribution in [0, 0.1) is 0 Å². The number of hydrogen-bond donors (Lipinski definition) is 0. The van der Waals surface area contributed by atoms with Crippen LogP contribution in [0.4, 0.5) is 0 Å². The summed E-state index contributed by atoms with van der Waals surface area (Å²) in [6.07, 6.45) is 8.12. The Morgan fingerprint density at radius 3 is 2.70 bits per heavy atom. The molecular weight excluding hydrogens is 124 g/mol. The van der Waals surface area contributed by atoms with Crippen LogP contribution in [0.2, 0.25) is 0 Å². The third-order valence-corrected chi connectivity index (χ3v) is 0.846. The van der Waals surface area contributed by atoms with Gasteiger partial charge in [0.05, 0.1) is 0 Å². The maximum Gasteiger partial charge on any atom is 0.0446 e. The van der Waals surface area contributed by atoms with E-state index < -0.39 is 0 Å². The highest BCUT2D eigenvalue weighted by molar-refractivity contribution is 6.16. The van der Waals surface area contributed by atoms with Gasteiger partial charge in [-0.15, -0.1) is 0 Å². The second kappa shape index (κ2) is 8.08. The zero-order valence-electron chi connectivity index (χ0n) is 6.62. The number of nitrogens with zero attached hydrogens (tertiary/aromatic N) is 2. The molecule has 0 amide bonds. The topological polar surface area (TPSA) is 24.7 Å². The van der Waals surface area contributed by atoms with E-state index >= 15 is 0 Å². The molecular formula is C8H14N2. The van der Waals surface area contributed by atoms with Crippen LogP contribution < -0.4 is 0 Å². The summed E-state index contributed by atoms with van der Waals surface area (Å²) in [7, 11) is 0. The first-order chi connectivity index (χ1) is 4.91. The predicted molar refractivity (Wildman–Crippen MR) is 47.0 cm³/mol. The Bertz CT molecular complexity index is 134. The van der Waals surface area contributed by atoms with E-state index in [4.69, 9.17) is 0 Å². The first-order valence-corrected chi connectivity index (χ1v) is 3.54. The van der Waals surface area contributed by atoms with Crippen LogP contribution >= 0.6 is 0 Å². The van der Waals surface area contributed by atoms with Crippen molar-refractivity contribution in [1.82, 2.24) is 0 Å². The Balaban J connectivity index is 3.32. The molecule has 0 aliphatic rings. The Kier molecular flexibility index (Phi) is 7.34. The lowest BCUT2D eigenvalue weighted by Crippen LogP contribution is -1.78. The molecule has 0 saturated carbocycles. The minimum absolute atomic E-state index is 0.891. The fourth-order valence-corrected chi connectivity index (χ4v) is 0.425. The molecule has 0 aliphatic heterocycles. The largest absolute Gasteiger partial charge is 0.292 e. The van der Waals surface area contributed by atoms with Gasteiger partial charge in [0.25, 0.3) is 0 Å². The molecule has 56 valence electrons. The SMILES string of the molecule is C/C=C\N=CC=NCCC. The first-order valence-electron chi connectivity index (χ1n) is 3.54. The highest BCUT2D eigenvalue weighted by Gasteiger charge is 1.68. The number of allylic oxidation sites excluding steroid dienone is 1. The van der Waals surface area contributed by atoms with Crippen molar-refractivity contribution in [3.05, 3.63) is 12.3 Å². The average molecular weight is 138 g/mol. The van der Waals surface area contributed by atoms with Gasteiger partial charge >= 0.3 is 0 Å². The van der Waals surface area contributed by atoms with Crippen molar-refractivity contribution in [3.8, 4) is 0 Å². The van der Waals surface area contributed by atoms with Crippen molar-refractivity contribution in [1.29, 1.82) is 0 Å². The lowest BCUT2D eigenvalue weighted by molar-refractivity contribution is 0.938. The van der Waals surface area contributed by atoms with Gasteiger partial charge in [-0.2, -0.15) is 0 Å². The maximum absolute atomic E-state index is 4.05. The van der Waals surface area contributed by atoms with Crippen molar-refractivity contribution < 1.29 is 0 Å². The molecule has 2 heteroatoms. The van der Waals surface area contributed by atoms with Gasteiger partial charge in [-0.05, 0) is 13.3 Å². The lowest BCUT2D eigenvalue weighted by Gasteiger charge is -1.79. The van der Waals surface area contributed by atoms with Gasteiger partial charge in [0, 0.05) is 25.2 Å². The van der Waals surface area contributed by atoms with Gasteiger partial charge < -0.3 is 0 Å². The van der Waals surface area contributed by atoms with Crippen LogP contribution in [0.25, 0.3) is 0 Å². The van der Waals surface area contributed by atoms with Crippen molar-refractivity contribution in [2.45, 2.75) is 20.3 Å². The zero-order chi connectivity index (χ0) is 7.66. The number of hydrogen-bond acceptors (Lipinski definition) is 2. The van der Waals surface area contributed by atoms with Gasteiger partial charge in [-0.25, -0.2) is 0 Å². The van der Waals surface area contributed by atoms with Gasteiger partial charge in [0.2, 0.25) is 0 Å². The van der Waals surface area contributed by atoms with Gasteiger partial charge in [-0.1, -0.05) is 13.0 Å². The molecule has 0 unspecified atom stereocenters. The van der Waals surface area contributed by atoms with Crippen LogP contribution in [-0.2, 0) is 0 Å². The standard InChI is InChI=1S/C8H14N2/c1-3-5-9-7-8-10-6-4-2/h3,5,7-8H,4,6H2,1-2H3/b5-3-,9-7?,10-8?. The Morgan fingerprint density at radius 2 is 2.10 bits per heavy atom. The molecule has 0 radical (unpaired) electrons. The molecule has 0 aromatic carbocycles. The summed E-state index contributed by atoms with van der Waals surface area (Å²) < 4.78 is 0. The minimum Gasteiger partial charge on any atom is -0.292 e. The van der Waals surface area contributed by atoms with E-state index in [1.54, 1.807) is 18.6 Å². The maximum atomic E-state index is 4.05. The highest BCUT2D eigenvalue weighted by Crippen LogP contribution is 1.74. The summed E-state index contributed by atoms with van der Waals surface area (Å²) in [5, 5.41) is 0. The molecule has 0 spiro atoms.